The number of ether oxygens (including phenoxy) is 4. The van der Waals surface area contributed by atoms with E-state index in [0.29, 0.717) is 55.6 Å². The van der Waals surface area contributed by atoms with E-state index >= 15 is 0 Å². The number of likely N-dealkylation sites (tertiary alicyclic amines) is 1. The third-order valence-electron chi connectivity index (χ3n) is 8.39. The lowest BCUT2D eigenvalue weighted by atomic mass is 9.87. The van der Waals surface area contributed by atoms with Gasteiger partial charge in [-0.2, -0.15) is 0 Å². The number of anilines is 1. The normalized spacial score (nSPS) is 19.2. The van der Waals surface area contributed by atoms with E-state index in [-0.39, 0.29) is 30.4 Å². The Kier molecular flexibility index (Phi) is 8.19. The summed E-state index contributed by atoms with van der Waals surface area (Å²) in [6.07, 6.45) is 3.78. The molecule has 1 aliphatic carbocycles. The van der Waals surface area contributed by atoms with E-state index in [1.54, 1.807) is 14.2 Å². The van der Waals surface area contributed by atoms with Crippen molar-refractivity contribution in [1.29, 1.82) is 0 Å². The van der Waals surface area contributed by atoms with Crippen LogP contribution in [0, 0.1) is 11.8 Å². The van der Waals surface area contributed by atoms with Gasteiger partial charge in [0.15, 0.2) is 23.0 Å². The Hall–Kier alpha value is -4.24. The number of benzene rings is 3. The Balaban J connectivity index is 1.16. The number of hydrogen-bond donors (Lipinski definition) is 2. The first-order valence-electron chi connectivity index (χ1n) is 14.5. The second-order valence-electron chi connectivity index (χ2n) is 11.2. The molecule has 220 valence electrons. The van der Waals surface area contributed by atoms with Crippen LogP contribution in [0.4, 0.5) is 5.69 Å². The summed E-state index contributed by atoms with van der Waals surface area (Å²) >= 11 is 0. The predicted octanol–water partition coefficient (Wildman–Crippen LogP) is 4.31. The first-order valence-corrected chi connectivity index (χ1v) is 14.5. The fraction of sp³-hybridized carbons (Fsp3) is 0.394. The molecule has 1 fully saturated rings. The van der Waals surface area contributed by atoms with Crippen LogP contribution < -0.4 is 29.6 Å². The number of rotatable bonds is 9. The van der Waals surface area contributed by atoms with Crippen LogP contribution >= 0.6 is 0 Å². The highest BCUT2D eigenvalue weighted by Gasteiger charge is 2.35. The van der Waals surface area contributed by atoms with Gasteiger partial charge in [-0.25, -0.2) is 0 Å². The predicted molar refractivity (Wildman–Crippen MR) is 158 cm³/mol. The lowest BCUT2D eigenvalue weighted by Crippen LogP contribution is -2.48. The summed E-state index contributed by atoms with van der Waals surface area (Å²) in [5.74, 6) is 1.89. The van der Waals surface area contributed by atoms with Gasteiger partial charge < -0.3 is 29.6 Å². The standard InChI is InChI=1S/C33H37N3O6/c1-39-28-10-7-22(13-30(28)40-2)17-36-18-25(32(37)34-16-21-6-11-29-31(12-21)42-20-41-29)14-26(19-36)33(38)35-27-9-8-23-4-3-5-24(23)15-27/h6-13,15,25-26H,3-5,14,16-20H2,1-2H3,(H,34,37)(H,35,38)/t25-,26+/m0/s1. The van der Waals surface area contributed by atoms with Gasteiger partial charge in [-0.05, 0) is 84.3 Å². The number of aryl methyl sites for hydroxylation is 2. The monoisotopic (exact) mass is 571 g/mol. The second kappa shape index (κ2) is 12.3. The van der Waals surface area contributed by atoms with Gasteiger partial charge in [0.2, 0.25) is 18.6 Å². The Bertz CT molecular complexity index is 1470. The number of fused-ring (bicyclic) bond motifs is 2. The molecule has 0 radical (unpaired) electrons. The maximum absolute atomic E-state index is 13.6. The number of hydrogen-bond acceptors (Lipinski definition) is 7. The highest BCUT2D eigenvalue weighted by atomic mass is 16.7. The zero-order valence-corrected chi connectivity index (χ0v) is 24.1. The topological polar surface area (TPSA) is 98.4 Å². The van der Waals surface area contributed by atoms with Crippen LogP contribution in [-0.4, -0.2) is 50.8 Å². The molecule has 0 saturated carbocycles. The van der Waals surface area contributed by atoms with Gasteiger partial charge in [-0.15, -0.1) is 0 Å². The fourth-order valence-electron chi connectivity index (χ4n) is 6.21. The summed E-state index contributed by atoms with van der Waals surface area (Å²) in [6, 6.07) is 17.7. The van der Waals surface area contributed by atoms with Crippen molar-refractivity contribution < 1.29 is 28.5 Å². The maximum atomic E-state index is 13.6. The second-order valence-corrected chi connectivity index (χ2v) is 11.2. The van der Waals surface area contributed by atoms with E-state index in [0.717, 1.165) is 36.1 Å². The molecule has 42 heavy (non-hydrogen) atoms. The van der Waals surface area contributed by atoms with E-state index in [4.69, 9.17) is 18.9 Å². The van der Waals surface area contributed by atoms with Crippen LogP contribution in [-0.2, 0) is 35.5 Å². The molecule has 3 aromatic carbocycles. The minimum atomic E-state index is -0.344. The Morgan fingerprint density at radius 3 is 2.43 bits per heavy atom. The lowest BCUT2D eigenvalue weighted by molar-refractivity contribution is -0.130. The molecule has 3 aromatic rings. The highest BCUT2D eigenvalue weighted by molar-refractivity contribution is 5.93. The van der Waals surface area contributed by atoms with E-state index < -0.39 is 0 Å². The highest BCUT2D eigenvalue weighted by Crippen LogP contribution is 2.33. The van der Waals surface area contributed by atoms with Crippen molar-refractivity contribution in [3.63, 3.8) is 0 Å². The van der Waals surface area contributed by atoms with Crippen molar-refractivity contribution in [1.82, 2.24) is 10.2 Å². The molecule has 0 bridgehead atoms. The first-order chi connectivity index (χ1) is 20.5. The molecule has 9 nitrogen and oxygen atoms in total. The average molecular weight is 572 g/mol. The van der Waals surface area contributed by atoms with Crippen LogP contribution in [0.15, 0.2) is 54.6 Å². The molecular formula is C33H37N3O6. The fourth-order valence-corrected chi connectivity index (χ4v) is 6.21. The molecule has 2 atom stereocenters. The number of methoxy groups -OCH3 is 2. The molecule has 9 heteroatoms. The van der Waals surface area contributed by atoms with E-state index in [2.05, 4.69) is 27.7 Å². The Labute approximate surface area is 246 Å². The molecule has 0 spiro atoms. The van der Waals surface area contributed by atoms with Crippen molar-refractivity contribution in [2.24, 2.45) is 11.8 Å². The zero-order valence-electron chi connectivity index (χ0n) is 24.1. The van der Waals surface area contributed by atoms with Crippen LogP contribution in [0.2, 0.25) is 0 Å². The van der Waals surface area contributed by atoms with Crippen LogP contribution in [0.25, 0.3) is 0 Å². The van der Waals surface area contributed by atoms with Gasteiger partial charge in [0, 0.05) is 31.9 Å². The molecule has 6 rings (SSSR count). The molecule has 1 saturated heterocycles. The molecule has 0 unspecified atom stereocenters. The summed E-state index contributed by atoms with van der Waals surface area (Å²) in [5, 5.41) is 6.23. The van der Waals surface area contributed by atoms with Gasteiger partial charge >= 0.3 is 0 Å². The maximum Gasteiger partial charge on any atom is 0.231 e. The summed E-state index contributed by atoms with van der Waals surface area (Å²) in [7, 11) is 3.22. The third kappa shape index (κ3) is 6.16. The Morgan fingerprint density at radius 2 is 1.60 bits per heavy atom. The quantitative estimate of drug-likeness (QED) is 0.395. The number of carbonyl (C=O) groups is 2. The number of carbonyl (C=O) groups excluding carboxylic acids is 2. The van der Waals surface area contributed by atoms with Crippen LogP contribution in [0.5, 0.6) is 23.0 Å². The SMILES string of the molecule is COc1ccc(CN2C[C@@H](C(=O)NCc3ccc4c(c3)OCO4)C[C@@H](C(=O)Nc3ccc4c(c3)CCC4)C2)cc1OC. The van der Waals surface area contributed by atoms with Crippen molar-refractivity contribution in [3.05, 3.63) is 76.9 Å². The number of nitrogens with zero attached hydrogens (tertiary/aromatic N) is 1. The average Bonchev–Trinajstić information content (AvgIpc) is 3.68. The van der Waals surface area contributed by atoms with Gasteiger partial charge in [-0.1, -0.05) is 18.2 Å². The number of piperidine rings is 1. The van der Waals surface area contributed by atoms with Crippen molar-refractivity contribution in [2.45, 2.75) is 38.8 Å². The van der Waals surface area contributed by atoms with Crippen LogP contribution in [0.1, 0.15) is 35.1 Å². The van der Waals surface area contributed by atoms with E-state index in [1.807, 2.05) is 42.5 Å². The summed E-state index contributed by atoms with van der Waals surface area (Å²) < 4.78 is 21.8. The van der Waals surface area contributed by atoms with Crippen molar-refractivity contribution in [2.75, 3.05) is 39.4 Å². The molecular weight excluding hydrogens is 534 g/mol. The van der Waals surface area contributed by atoms with Crippen LogP contribution in [0.3, 0.4) is 0 Å². The first kappa shape index (κ1) is 27.9. The number of amides is 2. The molecule has 2 N–H and O–H groups in total. The smallest absolute Gasteiger partial charge is 0.231 e. The zero-order chi connectivity index (χ0) is 29.1. The van der Waals surface area contributed by atoms with Gasteiger partial charge in [0.05, 0.1) is 26.1 Å². The molecule has 2 heterocycles. The molecule has 2 amide bonds. The summed E-state index contributed by atoms with van der Waals surface area (Å²) in [5.41, 5.74) is 5.45. The van der Waals surface area contributed by atoms with Gasteiger partial charge in [-0.3, -0.25) is 14.5 Å². The van der Waals surface area contributed by atoms with Crippen molar-refractivity contribution >= 4 is 17.5 Å². The molecule has 0 aromatic heterocycles. The van der Waals surface area contributed by atoms with Crippen molar-refractivity contribution in [3.8, 4) is 23.0 Å². The van der Waals surface area contributed by atoms with Gasteiger partial charge in [0.1, 0.15) is 0 Å². The van der Waals surface area contributed by atoms with Gasteiger partial charge in [0.25, 0.3) is 0 Å². The minimum Gasteiger partial charge on any atom is -0.493 e. The molecule has 2 aliphatic heterocycles. The minimum absolute atomic E-state index is 0.0569. The Morgan fingerprint density at radius 1 is 0.833 bits per heavy atom. The largest absolute Gasteiger partial charge is 0.493 e. The lowest BCUT2D eigenvalue weighted by Gasteiger charge is -2.36. The summed E-state index contributed by atoms with van der Waals surface area (Å²) in [4.78, 5) is 29.2. The number of nitrogens with one attached hydrogen (secondary N) is 2. The van der Waals surface area contributed by atoms with E-state index in [9.17, 15) is 9.59 Å². The summed E-state index contributed by atoms with van der Waals surface area (Å²) in [6.45, 7) is 2.25. The molecule has 3 aliphatic rings. The third-order valence-corrected chi connectivity index (χ3v) is 8.39. The van der Waals surface area contributed by atoms with E-state index in [1.165, 1.54) is 11.1 Å².